The van der Waals surface area contributed by atoms with Gasteiger partial charge in [-0.25, -0.2) is 4.79 Å². The standard InChI is InChI=1S/C12H20N2O3/c1-12(2,3)17-11(16)14-7-10(15)8-4-5-13-6-9(8)14/h8-9,13H,4-7H2,1-3H3. The molecule has 0 aromatic carbocycles. The maximum atomic E-state index is 12.0. The predicted molar refractivity (Wildman–Crippen MR) is 62.7 cm³/mol. The van der Waals surface area contributed by atoms with Gasteiger partial charge < -0.3 is 10.1 Å². The second-order valence-electron chi connectivity index (χ2n) is 5.74. The first-order chi connectivity index (χ1) is 7.88. The SMILES string of the molecule is CC(C)(C)OC(=O)N1CC(=O)C2CCNCC21. The van der Waals surface area contributed by atoms with E-state index in [0.717, 1.165) is 13.0 Å². The third-order valence-corrected chi connectivity index (χ3v) is 3.22. The van der Waals surface area contributed by atoms with E-state index in [2.05, 4.69) is 5.32 Å². The van der Waals surface area contributed by atoms with E-state index in [1.807, 2.05) is 20.8 Å². The number of piperidine rings is 1. The topological polar surface area (TPSA) is 58.6 Å². The van der Waals surface area contributed by atoms with Crippen LogP contribution in [-0.2, 0) is 9.53 Å². The highest BCUT2D eigenvalue weighted by Gasteiger charge is 2.45. The largest absolute Gasteiger partial charge is 0.444 e. The minimum absolute atomic E-state index is 0.00349. The van der Waals surface area contributed by atoms with Crippen molar-refractivity contribution in [3.63, 3.8) is 0 Å². The van der Waals surface area contributed by atoms with E-state index in [0.29, 0.717) is 6.54 Å². The molecule has 2 fully saturated rings. The van der Waals surface area contributed by atoms with Crippen LogP contribution in [0.1, 0.15) is 27.2 Å². The first-order valence-electron chi connectivity index (χ1n) is 6.11. The van der Waals surface area contributed by atoms with E-state index < -0.39 is 5.60 Å². The molecule has 0 aliphatic carbocycles. The number of nitrogens with one attached hydrogen (secondary N) is 1. The van der Waals surface area contributed by atoms with Crippen LogP contribution in [0.2, 0.25) is 0 Å². The number of hydrogen-bond donors (Lipinski definition) is 1. The Morgan fingerprint density at radius 2 is 2.18 bits per heavy atom. The lowest BCUT2D eigenvalue weighted by atomic mass is 9.93. The van der Waals surface area contributed by atoms with Gasteiger partial charge in [0.15, 0.2) is 5.78 Å². The first kappa shape index (κ1) is 12.4. The summed E-state index contributed by atoms with van der Waals surface area (Å²) in [6, 6.07) is -0.0221. The average molecular weight is 240 g/mol. The summed E-state index contributed by atoms with van der Waals surface area (Å²) in [5, 5.41) is 3.22. The van der Waals surface area contributed by atoms with E-state index in [1.165, 1.54) is 0 Å². The Hall–Kier alpha value is -1.10. The Balaban J connectivity index is 2.06. The van der Waals surface area contributed by atoms with Gasteiger partial charge in [-0.05, 0) is 33.7 Å². The summed E-state index contributed by atoms with van der Waals surface area (Å²) in [6.45, 7) is 7.24. The van der Waals surface area contributed by atoms with Crippen LogP contribution in [-0.4, -0.2) is 48.1 Å². The number of fused-ring (bicyclic) bond motifs is 1. The van der Waals surface area contributed by atoms with Gasteiger partial charge in [0.25, 0.3) is 0 Å². The van der Waals surface area contributed by atoms with Gasteiger partial charge in [0.1, 0.15) is 5.60 Å². The van der Waals surface area contributed by atoms with Gasteiger partial charge in [0, 0.05) is 12.5 Å². The van der Waals surface area contributed by atoms with E-state index in [-0.39, 0.29) is 30.4 Å². The van der Waals surface area contributed by atoms with Crippen LogP contribution < -0.4 is 5.32 Å². The molecule has 0 aromatic rings. The summed E-state index contributed by atoms with van der Waals surface area (Å²) in [4.78, 5) is 25.4. The number of rotatable bonds is 0. The minimum Gasteiger partial charge on any atom is -0.444 e. The molecule has 2 aliphatic rings. The lowest BCUT2D eigenvalue weighted by molar-refractivity contribution is -0.120. The number of ether oxygens (including phenoxy) is 1. The number of likely N-dealkylation sites (tertiary alicyclic amines) is 1. The van der Waals surface area contributed by atoms with E-state index in [4.69, 9.17) is 4.74 Å². The van der Waals surface area contributed by atoms with Crippen molar-refractivity contribution in [2.45, 2.75) is 38.8 Å². The van der Waals surface area contributed by atoms with Gasteiger partial charge >= 0.3 is 6.09 Å². The molecular weight excluding hydrogens is 220 g/mol. The summed E-state index contributed by atoms with van der Waals surface area (Å²) in [5.74, 6) is 0.172. The smallest absolute Gasteiger partial charge is 0.411 e. The van der Waals surface area contributed by atoms with Crippen molar-refractivity contribution in [1.29, 1.82) is 0 Å². The molecule has 96 valence electrons. The van der Waals surface area contributed by atoms with Crippen LogP contribution in [0.3, 0.4) is 0 Å². The molecule has 0 saturated carbocycles. The van der Waals surface area contributed by atoms with Gasteiger partial charge in [0.2, 0.25) is 0 Å². The second kappa shape index (κ2) is 4.29. The zero-order valence-electron chi connectivity index (χ0n) is 10.7. The average Bonchev–Trinajstić information content (AvgIpc) is 2.55. The molecule has 2 heterocycles. The van der Waals surface area contributed by atoms with E-state index in [9.17, 15) is 9.59 Å². The van der Waals surface area contributed by atoms with Gasteiger partial charge in [-0.3, -0.25) is 9.69 Å². The van der Waals surface area contributed by atoms with Crippen molar-refractivity contribution in [3.05, 3.63) is 0 Å². The normalized spacial score (nSPS) is 29.1. The molecule has 2 atom stereocenters. The molecule has 5 nitrogen and oxygen atoms in total. The van der Waals surface area contributed by atoms with E-state index in [1.54, 1.807) is 4.90 Å². The Bertz CT molecular complexity index is 335. The molecule has 5 heteroatoms. The highest BCUT2D eigenvalue weighted by molar-refractivity contribution is 5.90. The molecule has 0 aromatic heterocycles. The Kier molecular flexibility index (Phi) is 3.12. The predicted octanol–water partition coefficient (Wildman–Crippen LogP) is 0.784. The van der Waals surface area contributed by atoms with Crippen molar-refractivity contribution in [2.75, 3.05) is 19.6 Å². The Labute approximate surface area is 101 Å². The molecule has 1 N–H and O–H groups in total. The van der Waals surface area contributed by atoms with Gasteiger partial charge in [-0.15, -0.1) is 0 Å². The Morgan fingerprint density at radius 1 is 1.47 bits per heavy atom. The summed E-state index contributed by atoms with van der Waals surface area (Å²) in [7, 11) is 0. The number of amides is 1. The molecule has 0 bridgehead atoms. The highest BCUT2D eigenvalue weighted by atomic mass is 16.6. The van der Waals surface area contributed by atoms with Crippen LogP contribution in [0.25, 0.3) is 0 Å². The first-order valence-corrected chi connectivity index (χ1v) is 6.11. The highest BCUT2D eigenvalue weighted by Crippen LogP contribution is 2.27. The van der Waals surface area contributed by atoms with Crippen LogP contribution in [0, 0.1) is 5.92 Å². The van der Waals surface area contributed by atoms with Gasteiger partial charge in [-0.1, -0.05) is 0 Å². The monoisotopic (exact) mass is 240 g/mol. The van der Waals surface area contributed by atoms with Crippen molar-refractivity contribution >= 4 is 11.9 Å². The van der Waals surface area contributed by atoms with Gasteiger partial charge in [-0.2, -0.15) is 0 Å². The molecule has 1 amide bonds. The quantitative estimate of drug-likeness (QED) is 0.680. The molecular formula is C12H20N2O3. The van der Waals surface area contributed by atoms with Crippen LogP contribution in [0.5, 0.6) is 0 Å². The van der Waals surface area contributed by atoms with Crippen LogP contribution >= 0.6 is 0 Å². The molecule has 2 aliphatic heterocycles. The van der Waals surface area contributed by atoms with Crippen molar-refractivity contribution in [1.82, 2.24) is 10.2 Å². The number of Topliss-reactive ketones (excluding diaryl/α,β-unsaturated/α-hetero) is 1. The third-order valence-electron chi connectivity index (χ3n) is 3.22. The number of carbonyl (C=O) groups excluding carboxylic acids is 2. The lowest BCUT2D eigenvalue weighted by Gasteiger charge is -2.32. The zero-order valence-corrected chi connectivity index (χ0v) is 10.7. The number of carbonyl (C=O) groups is 2. The maximum Gasteiger partial charge on any atom is 0.411 e. The molecule has 17 heavy (non-hydrogen) atoms. The second-order valence-corrected chi connectivity index (χ2v) is 5.74. The number of ketones is 1. The minimum atomic E-state index is -0.514. The van der Waals surface area contributed by atoms with Crippen molar-refractivity contribution < 1.29 is 14.3 Å². The zero-order chi connectivity index (χ0) is 12.6. The number of hydrogen-bond acceptors (Lipinski definition) is 4. The third kappa shape index (κ3) is 2.60. The van der Waals surface area contributed by atoms with Crippen LogP contribution in [0.15, 0.2) is 0 Å². The summed E-state index contributed by atoms with van der Waals surface area (Å²) in [5.41, 5.74) is -0.514. The fourth-order valence-corrected chi connectivity index (χ4v) is 2.47. The van der Waals surface area contributed by atoms with Gasteiger partial charge in [0.05, 0.1) is 12.6 Å². The maximum absolute atomic E-state index is 12.0. The summed E-state index contributed by atoms with van der Waals surface area (Å²) < 4.78 is 5.33. The Morgan fingerprint density at radius 3 is 2.82 bits per heavy atom. The molecule has 2 unspecified atom stereocenters. The summed E-state index contributed by atoms with van der Waals surface area (Å²) in [6.07, 6.45) is 0.449. The summed E-state index contributed by atoms with van der Waals surface area (Å²) >= 11 is 0. The fraction of sp³-hybridized carbons (Fsp3) is 0.833. The molecule has 2 saturated heterocycles. The lowest BCUT2D eigenvalue weighted by Crippen LogP contribution is -2.49. The fourth-order valence-electron chi connectivity index (χ4n) is 2.47. The molecule has 0 spiro atoms. The van der Waals surface area contributed by atoms with E-state index >= 15 is 0 Å². The number of nitrogens with zero attached hydrogens (tertiary/aromatic N) is 1. The molecule has 2 rings (SSSR count). The van der Waals surface area contributed by atoms with Crippen molar-refractivity contribution in [3.8, 4) is 0 Å². The van der Waals surface area contributed by atoms with Crippen molar-refractivity contribution in [2.24, 2.45) is 5.92 Å². The van der Waals surface area contributed by atoms with Crippen LogP contribution in [0.4, 0.5) is 4.79 Å². The molecule has 0 radical (unpaired) electrons.